The van der Waals surface area contributed by atoms with Gasteiger partial charge in [0.1, 0.15) is 0 Å². The molecule has 4 rings (SSSR count). The lowest BCUT2D eigenvalue weighted by molar-refractivity contribution is -0.130. The molecule has 0 aromatic carbocycles. The van der Waals surface area contributed by atoms with Crippen molar-refractivity contribution in [2.75, 3.05) is 44.8 Å². The highest BCUT2D eigenvalue weighted by molar-refractivity contribution is 5.77. The molecule has 1 amide bonds. The Morgan fingerprint density at radius 2 is 2.03 bits per heavy atom. The molecule has 0 aliphatic carbocycles. The van der Waals surface area contributed by atoms with E-state index in [9.17, 15) is 9.90 Å². The average Bonchev–Trinajstić information content (AvgIpc) is 3.35. The van der Waals surface area contributed by atoms with Gasteiger partial charge in [0.25, 0.3) is 5.88 Å². The van der Waals surface area contributed by atoms with Gasteiger partial charge >= 0.3 is 0 Å². The summed E-state index contributed by atoms with van der Waals surface area (Å²) in [6.45, 7) is 6.65. The van der Waals surface area contributed by atoms with E-state index in [0.29, 0.717) is 44.2 Å². The Hall–Kier alpha value is -2.68. The van der Waals surface area contributed by atoms with E-state index >= 15 is 0 Å². The highest BCUT2D eigenvalue weighted by atomic mass is 16.5. The largest absolute Gasteiger partial charge is 0.478 e. The SMILES string of the molecule is COc1nccnc1N1C[C@H]2CN(C(=O)CCc3c(C)nn(C)c3C)C[C@@]2(CO)C1. The van der Waals surface area contributed by atoms with Gasteiger partial charge in [0.15, 0.2) is 5.82 Å². The van der Waals surface area contributed by atoms with Crippen molar-refractivity contribution in [3.8, 4) is 5.88 Å². The lowest BCUT2D eigenvalue weighted by Crippen LogP contribution is -2.39. The maximum atomic E-state index is 13.0. The molecule has 9 heteroatoms. The van der Waals surface area contributed by atoms with Crippen LogP contribution >= 0.6 is 0 Å². The van der Waals surface area contributed by atoms with Crippen LogP contribution in [-0.2, 0) is 18.3 Å². The van der Waals surface area contributed by atoms with Crippen LogP contribution in [0.5, 0.6) is 5.88 Å². The molecule has 1 N–H and O–H groups in total. The fraction of sp³-hybridized carbons (Fsp3) is 0.619. The summed E-state index contributed by atoms with van der Waals surface area (Å²) in [6, 6.07) is 0. The van der Waals surface area contributed by atoms with Crippen LogP contribution in [0.3, 0.4) is 0 Å². The topological polar surface area (TPSA) is 96.6 Å². The lowest BCUT2D eigenvalue weighted by Gasteiger charge is -2.28. The second-order valence-electron chi connectivity index (χ2n) is 8.53. The van der Waals surface area contributed by atoms with Gasteiger partial charge in [0.2, 0.25) is 5.91 Å². The van der Waals surface area contributed by atoms with Gasteiger partial charge in [-0.3, -0.25) is 9.48 Å². The molecule has 0 bridgehead atoms. The van der Waals surface area contributed by atoms with Crippen molar-refractivity contribution in [1.82, 2.24) is 24.6 Å². The fourth-order valence-electron chi connectivity index (χ4n) is 5.00. The summed E-state index contributed by atoms with van der Waals surface area (Å²) >= 11 is 0. The van der Waals surface area contributed by atoms with Crippen LogP contribution in [0.25, 0.3) is 0 Å². The zero-order valence-electron chi connectivity index (χ0n) is 18.1. The van der Waals surface area contributed by atoms with Gasteiger partial charge in [-0.05, 0) is 25.8 Å². The number of aryl methyl sites for hydroxylation is 2. The van der Waals surface area contributed by atoms with Crippen molar-refractivity contribution in [1.29, 1.82) is 0 Å². The number of carbonyl (C=O) groups is 1. The van der Waals surface area contributed by atoms with E-state index in [2.05, 4.69) is 20.0 Å². The van der Waals surface area contributed by atoms with Crippen molar-refractivity contribution in [2.24, 2.45) is 18.4 Å². The molecule has 2 atom stereocenters. The molecular formula is C21H30N6O3. The molecule has 2 aliphatic heterocycles. The molecule has 0 radical (unpaired) electrons. The lowest BCUT2D eigenvalue weighted by atomic mass is 9.82. The summed E-state index contributed by atoms with van der Waals surface area (Å²) in [5.41, 5.74) is 2.92. The number of aliphatic hydroxyl groups excluding tert-OH is 1. The monoisotopic (exact) mass is 414 g/mol. The number of anilines is 1. The first-order valence-electron chi connectivity index (χ1n) is 10.4. The van der Waals surface area contributed by atoms with Gasteiger partial charge in [0.05, 0.1) is 19.4 Å². The molecule has 2 saturated heterocycles. The van der Waals surface area contributed by atoms with Crippen LogP contribution < -0.4 is 9.64 Å². The maximum Gasteiger partial charge on any atom is 0.257 e. The normalized spacial score (nSPS) is 23.2. The zero-order valence-corrected chi connectivity index (χ0v) is 18.1. The van der Waals surface area contributed by atoms with Crippen LogP contribution in [0.15, 0.2) is 12.4 Å². The van der Waals surface area contributed by atoms with Gasteiger partial charge in [0, 0.05) is 69.1 Å². The van der Waals surface area contributed by atoms with E-state index in [0.717, 1.165) is 23.5 Å². The number of aliphatic hydroxyl groups is 1. The first-order valence-corrected chi connectivity index (χ1v) is 10.4. The molecule has 2 aliphatic rings. The summed E-state index contributed by atoms with van der Waals surface area (Å²) in [4.78, 5) is 25.7. The number of hydrogen-bond donors (Lipinski definition) is 1. The first kappa shape index (κ1) is 20.6. The van der Waals surface area contributed by atoms with Crippen LogP contribution in [0.2, 0.25) is 0 Å². The van der Waals surface area contributed by atoms with E-state index in [-0.39, 0.29) is 23.8 Å². The Balaban J connectivity index is 1.42. The molecule has 30 heavy (non-hydrogen) atoms. The Kier molecular flexibility index (Phi) is 5.40. The zero-order chi connectivity index (χ0) is 21.5. The predicted molar refractivity (Wildman–Crippen MR) is 111 cm³/mol. The summed E-state index contributed by atoms with van der Waals surface area (Å²) in [5, 5.41) is 14.7. The Morgan fingerprint density at radius 3 is 2.67 bits per heavy atom. The summed E-state index contributed by atoms with van der Waals surface area (Å²) in [6.07, 6.45) is 4.41. The van der Waals surface area contributed by atoms with Crippen molar-refractivity contribution in [3.63, 3.8) is 0 Å². The number of ether oxygens (including phenoxy) is 1. The second-order valence-corrected chi connectivity index (χ2v) is 8.53. The number of carbonyl (C=O) groups excluding carboxylic acids is 1. The molecule has 2 aromatic heterocycles. The van der Waals surface area contributed by atoms with E-state index in [1.54, 1.807) is 19.5 Å². The van der Waals surface area contributed by atoms with E-state index in [1.165, 1.54) is 0 Å². The van der Waals surface area contributed by atoms with Gasteiger partial charge in [-0.1, -0.05) is 0 Å². The van der Waals surface area contributed by atoms with Crippen LogP contribution in [0.4, 0.5) is 5.82 Å². The minimum atomic E-state index is -0.335. The van der Waals surface area contributed by atoms with Gasteiger partial charge < -0.3 is 19.6 Å². The smallest absolute Gasteiger partial charge is 0.257 e. The van der Waals surface area contributed by atoms with E-state index < -0.39 is 0 Å². The Labute approximate surface area is 176 Å². The fourth-order valence-corrected chi connectivity index (χ4v) is 5.00. The van der Waals surface area contributed by atoms with Gasteiger partial charge in [-0.25, -0.2) is 9.97 Å². The van der Waals surface area contributed by atoms with Crippen molar-refractivity contribution >= 4 is 11.7 Å². The summed E-state index contributed by atoms with van der Waals surface area (Å²) in [5.74, 6) is 1.52. The third-order valence-corrected chi connectivity index (χ3v) is 6.81. The molecule has 0 unspecified atom stereocenters. The molecule has 2 fully saturated rings. The second kappa shape index (κ2) is 7.86. The number of nitrogens with zero attached hydrogens (tertiary/aromatic N) is 6. The minimum absolute atomic E-state index is 0.0430. The number of fused-ring (bicyclic) bond motifs is 1. The summed E-state index contributed by atoms with van der Waals surface area (Å²) in [7, 11) is 3.51. The van der Waals surface area contributed by atoms with E-state index in [1.807, 2.05) is 30.5 Å². The van der Waals surface area contributed by atoms with Crippen LogP contribution in [-0.4, -0.2) is 75.6 Å². The first-order chi connectivity index (χ1) is 14.4. The quantitative estimate of drug-likeness (QED) is 0.744. The van der Waals surface area contributed by atoms with Gasteiger partial charge in [-0.15, -0.1) is 0 Å². The highest BCUT2D eigenvalue weighted by Gasteiger charge is 2.53. The molecule has 0 saturated carbocycles. The van der Waals surface area contributed by atoms with Crippen molar-refractivity contribution < 1.29 is 14.6 Å². The number of aromatic nitrogens is 4. The van der Waals surface area contributed by atoms with E-state index in [4.69, 9.17) is 4.74 Å². The molecule has 162 valence electrons. The maximum absolute atomic E-state index is 13.0. The number of likely N-dealkylation sites (tertiary alicyclic amines) is 1. The van der Waals surface area contributed by atoms with Crippen molar-refractivity contribution in [2.45, 2.75) is 26.7 Å². The molecular weight excluding hydrogens is 384 g/mol. The van der Waals surface area contributed by atoms with Crippen LogP contribution in [0, 0.1) is 25.2 Å². The van der Waals surface area contributed by atoms with Gasteiger partial charge in [-0.2, -0.15) is 5.10 Å². The number of rotatable bonds is 6. The number of methoxy groups -OCH3 is 1. The third kappa shape index (κ3) is 3.40. The molecule has 4 heterocycles. The Morgan fingerprint density at radius 1 is 1.27 bits per heavy atom. The molecule has 2 aromatic rings. The highest BCUT2D eigenvalue weighted by Crippen LogP contribution is 2.44. The summed E-state index contributed by atoms with van der Waals surface area (Å²) < 4.78 is 7.22. The molecule has 9 nitrogen and oxygen atoms in total. The third-order valence-electron chi connectivity index (χ3n) is 6.81. The van der Waals surface area contributed by atoms with Crippen molar-refractivity contribution in [3.05, 3.63) is 29.3 Å². The average molecular weight is 415 g/mol. The van der Waals surface area contributed by atoms with Crippen LogP contribution in [0.1, 0.15) is 23.4 Å². The minimum Gasteiger partial charge on any atom is -0.478 e. The number of hydrogen-bond acceptors (Lipinski definition) is 7. The number of amides is 1. The predicted octanol–water partition coefficient (Wildman–Crippen LogP) is 0.725. The molecule has 0 spiro atoms. The standard InChI is InChI=1S/C21H30N6O3/c1-14-17(15(2)25(3)24-14)5-6-18(29)26-9-16-10-27(12-21(16,11-26)13-28)19-20(30-4)23-8-7-22-19/h7-8,16,28H,5-6,9-13H2,1-4H3/t16-,21+/m1/s1. The Bertz CT molecular complexity index is 945.